The molecule has 1 atom stereocenters. The van der Waals surface area contributed by atoms with Crippen molar-refractivity contribution in [2.75, 3.05) is 12.4 Å². The number of carbonyl (C=O) groups excluding carboxylic acids is 1. The van der Waals surface area contributed by atoms with Crippen molar-refractivity contribution in [2.24, 2.45) is 5.73 Å². The SMILES string of the molecule is COc1ccc(C2C(C(N)=O)=C(C)Nc3nc(-c4cccc(O)c4)nn32)cc1. The van der Waals surface area contributed by atoms with Crippen LogP contribution in [0.4, 0.5) is 5.95 Å². The first kappa shape index (κ1) is 17.6. The molecule has 3 aromatic rings. The van der Waals surface area contributed by atoms with E-state index >= 15 is 0 Å². The number of carbonyl (C=O) groups is 1. The van der Waals surface area contributed by atoms with E-state index in [1.807, 2.05) is 24.3 Å². The number of aromatic nitrogens is 3. The molecule has 1 unspecified atom stereocenters. The Balaban J connectivity index is 1.86. The van der Waals surface area contributed by atoms with Crippen LogP contribution in [0.2, 0.25) is 0 Å². The van der Waals surface area contributed by atoms with Crippen LogP contribution in [-0.2, 0) is 4.79 Å². The largest absolute Gasteiger partial charge is 0.508 e. The summed E-state index contributed by atoms with van der Waals surface area (Å²) in [5.74, 6) is 1.21. The number of hydrogen-bond donors (Lipinski definition) is 3. The third-order valence-electron chi connectivity index (χ3n) is 4.65. The Hall–Kier alpha value is -3.81. The monoisotopic (exact) mass is 377 g/mol. The zero-order valence-corrected chi connectivity index (χ0v) is 15.4. The number of phenolic OH excluding ortho intramolecular Hbond substituents is 1. The Bertz CT molecular complexity index is 1090. The van der Waals surface area contributed by atoms with Crippen molar-refractivity contribution >= 4 is 11.9 Å². The number of methoxy groups -OCH3 is 1. The highest BCUT2D eigenvalue weighted by Gasteiger charge is 2.33. The Labute approximate surface area is 161 Å². The van der Waals surface area contributed by atoms with Gasteiger partial charge in [-0.15, -0.1) is 5.10 Å². The molecular formula is C20H19N5O3. The predicted octanol–water partition coefficient (Wildman–Crippen LogP) is 2.43. The van der Waals surface area contributed by atoms with Crippen LogP contribution in [0.1, 0.15) is 18.5 Å². The fourth-order valence-electron chi connectivity index (χ4n) is 3.33. The number of primary amides is 1. The molecule has 1 amide bonds. The summed E-state index contributed by atoms with van der Waals surface area (Å²) in [6, 6.07) is 13.5. The number of ether oxygens (including phenoxy) is 1. The number of allylic oxidation sites excluding steroid dienone is 1. The number of nitrogens with two attached hydrogens (primary N) is 1. The maximum atomic E-state index is 12.2. The molecule has 0 bridgehead atoms. The summed E-state index contributed by atoms with van der Waals surface area (Å²) in [5, 5.41) is 17.4. The van der Waals surface area contributed by atoms with Crippen LogP contribution in [0, 0.1) is 0 Å². The van der Waals surface area contributed by atoms with Crippen LogP contribution in [0.25, 0.3) is 11.4 Å². The molecule has 8 nitrogen and oxygen atoms in total. The number of benzene rings is 2. The zero-order chi connectivity index (χ0) is 19.8. The van der Waals surface area contributed by atoms with Crippen molar-refractivity contribution in [3.8, 4) is 22.9 Å². The second kappa shape index (κ2) is 6.73. The highest BCUT2D eigenvalue weighted by Crippen LogP contribution is 2.36. The molecule has 1 aliphatic rings. The molecule has 2 aromatic carbocycles. The minimum atomic E-state index is -0.536. The number of aromatic hydroxyl groups is 1. The van der Waals surface area contributed by atoms with Gasteiger partial charge in [0.1, 0.15) is 17.5 Å². The maximum absolute atomic E-state index is 12.2. The van der Waals surface area contributed by atoms with Crippen molar-refractivity contribution in [1.29, 1.82) is 0 Å². The van der Waals surface area contributed by atoms with Crippen molar-refractivity contribution in [1.82, 2.24) is 14.8 Å². The standard InChI is InChI=1S/C20H19N5O3/c1-11-16(18(21)27)17(12-6-8-15(28-2)9-7-12)25-20(22-11)23-19(24-25)13-4-3-5-14(26)10-13/h3-10,17,26H,1-2H3,(H2,21,27)(H,22,23,24). The molecule has 0 radical (unpaired) electrons. The number of hydrogen-bond acceptors (Lipinski definition) is 6. The highest BCUT2D eigenvalue weighted by atomic mass is 16.5. The van der Waals surface area contributed by atoms with E-state index in [-0.39, 0.29) is 5.75 Å². The summed E-state index contributed by atoms with van der Waals surface area (Å²) in [6.45, 7) is 1.78. The van der Waals surface area contributed by atoms with Crippen LogP contribution < -0.4 is 15.8 Å². The maximum Gasteiger partial charge on any atom is 0.248 e. The lowest BCUT2D eigenvalue weighted by Crippen LogP contribution is -2.31. The third kappa shape index (κ3) is 2.94. The fraction of sp³-hybridized carbons (Fsp3) is 0.150. The first-order valence-electron chi connectivity index (χ1n) is 8.65. The molecule has 0 fully saturated rings. The minimum Gasteiger partial charge on any atom is -0.508 e. The third-order valence-corrected chi connectivity index (χ3v) is 4.65. The fourth-order valence-corrected chi connectivity index (χ4v) is 3.33. The van der Waals surface area contributed by atoms with E-state index in [1.54, 1.807) is 43.0 Å². The van der Waals surface area contributed by atoms with E-state index in [4.69, 9.17) is 10.5 Å². The van der Waals surface area contributed by atoms with Gasteiger partial charge < -0.3 is 20.9 Å². The Kier molecular flexibility index (Phi) is 4.23. The van der Waals surface area contributed by atoms with Gasteiger partial charge in [0, 0.05) is 11.3 Å². The zero-order valence-electron chi connectivity index (χ0n) is 15.4. The van der Waals surface area contributed by atoms with Gasteiger partial charge in [0.25, 0.3) is 0 Å². The smallest absolute Gasteiger partial charge is 0.248 e. The van der Waals surface area contributed by atoms with Crippen LogP contribution in [-0.4, -0.2) is 32.9 Å². The van der Waals surface area contributed by atoms with Crippen molar-refractivity contribution in [3.05, 3.63) is 65.4 Å². The first-order chi connectivity index (χ1) is 13.5. The highest BCUT2D eigenvalue weighted by molar-refractivity contribution is 5.95. The molecule has 28 heavy (non-hydrogen) atoms. The summed E-state index contributed by atoms with van der Waals surface area (Å²) in [7, 11) is 1.59. The number of phenols is 1. The lowest BCUT2D eigenvalue weighted by molar-refractivity contribution is -0.115. The lowest BCUT2D eigenvalue weighted by Gasteiger charge is -2.27. The van der Waals surface area contributed by atoms with Gasteiger partial charge in [-0.3, -0.25) is 4.79 Å². The predicted molar refractivity (Wildman–Crippen MR) is 104 cm³/mol. The molecule has 4 N–H and O–H groups in total. The van der Waals surface area contributed by atoms with E-state index in [1.165, 1.54) is 0 Å². The number of rotatable bonds is 4. The number of nitrogens with zero attached hydrogens (tertiary/aromatic N) is 3. The van der Waals surface area contributed by atoms with Gasteiger partial charge >= 0.3 is 0 Å². The van der Waals surface area contributed by atoms with Gasteiger partial charge in [-0.05, 0) is 36.8 Å². The molecular weight excluding hydrogens is 358 g/mol. The summed E-state index contributed by atoms with van der Waals surface area (Å²) < 4.78 is 6.85. The molecule has 0 spiro atoms. The van der Waals surface area contributed by atoms with E-state index in [0.29, 0.717) is 34.4 Å². The van der Waals surface area contributed by atoms with Gasteiger partial charge in [-0.2, -0.15) is 4.98 Å². The Morgan fingerprint density at radius 1 is 1.25 bits per heavy atom. The average Bonchev–Trinajstić information content (AvgIpc) is 3.10. The molecule has 8 heteroatoms. The lowest BCUT2D eigenvalue weighted by atomic mass is 9.95. The van der Waals surface area contributed by atoms with Crippen molar-refractivity contribution in [2.45, 2.75) is 13.0 Å². The number of amides is 1. The van der Waals surface area contributed by atoms with Gasteiger partial charge in [-0.25, -0.2) is 4.68 Å². The topological polar surface area (TPSA) is 115 Å². The van der Waals surface area contributed by atoms with Gasteiger partial charge in [0.15, 0.2) is 5.82 Å². The number of fused-ring (bicyclic) bond motifs is 1. The molecule has 0 saturated heterocycles. The van der Waals surface area contributed by atoms with Gasteiger partial charge in [0.2, 0.25) is 11.9 Å². The minimum absolute atomic E-state index is 0.122. The second-order valence-electron chi connectivity index (χ2n) is 6.46. The van der Waals surface area contributed by atoms with E-state index in [0.717, 1.165) is 5.56 Å². The van der Waals surface area contributed by atoms with Crippen molar-refractivity contribution in [3.63, 3.8) is 0 Å². The molecule has 0 aliphatic carbocycles. The summed E-state index contributed by atoms with van der Waals surface area (Å²) in [4.78, 5) is 16.7. The van der Waals surface area contributed by atoms with Crippen LogP contribution in [0.15, 0.2) is 59.8 Å². The van der Waals surface area contributed by atoms with E-state index < -0.39 is 11.9 Å². The molecule has 2 heterocycles. The number of nitrogens with one attached hydrogen (secondary N) is 1. The normalized spacial score (nSPS) is 15.7. The average molecular weight is 377 g/mol. The van der Waals surface area contributed by atoms with Crippen molar-refractivity contribution < 1.29 is 14.6 Å². The summed E-state index contributed by atoms with van der Waals surface area (Å²) >= 11 is 0. The van der Waals surface area contributed by atoms with Crippen LogP contribution >= 0.6 is 0 Å². The second-order valence-corrected chi connectivity index (χ2v) is 6.46. The Morgan fingerprint density at radius 2 is 2.00 bits per heavy atom. The quantitative estimate of drug-likeness (QED) is 0.643. The van der Waals surface area contributed by atoms with Gasteiger partial charge in [0.05, 0.1) is 12.7 Å². The number of anilines is 1. The van der Waals surface area contributed by atoms with E-state index in [9.17, 15) is 9.90 Å². The van der Waals surface area contributed by atoms with Crippen LogP contribution in [0.5, 0.6) is 11.5 Å². The molecule has 0 saturated carbocycles. The summed E-state index contributed by atoms with van der Waals surface area (Å²) in [5.41, 5.74) is 8.19. The molecule has 1 aromatic heterocycles. The van der Waals surface area contributed by atoms with Gasteiger partial charge in [-0.1, -0.05) is 24.3 Å². The first-order valence-corrected chi connectivity index (χ1v) is 8.65. The Morgan fingerprint density at radius 3 is 2.64 bits per heavy atom. The van der Waals surface area contributed by atoms with E-state index in [2.05, 4.69) is 15.4 Å². The molecule has 4 rings (SSSR count). The molecule has 142 valence electrons. The summed E-state index contributed by atoms with van der Waals surface area (Å²) in [6.07, 6.45) is 0. The molecule has 1 aliphatic heterocycles. The van der Waals surface area contributed by atoms with Crippen LogP contribution in [0.3, 0.4) is 0 Å².